The molecule has 0 N–H and O–H groups in total. The molecule has 0 amide bonds. The minimum atomic E-state index is -5.33. The van der Waals surface area contributed by atoms with Gasteiger partial charge in [-0.15, -0.1) is 0 Å². The van der Waals surface area contributed by atoms with E-state index >= 15 is 0 Å². The van der Waals surface area contributed by atoms with E-state index < -0.39 is 6.81 Å². The zero-order valence-corrected chi connectivity index (χ0v) is 9.53. The Balaban J connectivity index is -0.0000000600. The second kappa shape index (κ2) is 6.21. The second-order valence-electron chi connectivity index (χ2n) is 0.714. The first-order chi connectivity index (χ1) is 2.45. The van der Waals surface area contributed by atoms with Crippen molar-refractivity contribution in [3.05, 3.63) is 0 Å². The van der Waals surface area contributed by atoms with Gasteiger partial charge in [0.15, 0.2) is 0 Å². The Morgan fingerprint density at radius 1 is 0.500 bits per heavy atom. The molecule has 57 valence electrons. The van der Waals surface area contributed by atoms with Crippen LogP contribution in [0.2, 0.25) is 0 Å². The first-order valence-electron chi connectivity index (χ1n) is 0.756. The van der Waals surface area contributed by atoms with Crippen LogP contribution in [0.25, 0.3) is 0 Å². The Kier molecular flexibility index (Phi) is 15.2. The van der Waals surface area contributed by atoms with Gasteiger partial charge in [-0.25, -0.2) is 0 Å². The van der Waals surface area contributed by atoms with Crippen molar-refractivity contribution in [3.8, 4) is 0 Å². The first kappa shape index (κ1) is 24.6. The summed E-state index contributed by atoms with van der Waals surface area (Å²) in [7, 11) is 30.3. The van der Waals surface area contributed by atoms with Gasteiger partial charge in [-0.3, -0.25) is 0 Å². The van der Waals surface area contributed by atoms with Crippen molar-refractivity contribution in [2.45, 2.75) is 0 Å². The van der Waals surface area contributed by atoms with E-state index in [0.29, 0.717) is 0 Å². The SMILES string of the molecule is [Cl][Ir]([Cl])([Cl])([Cl])([Cl])[Cl].[NaH].[NaH].[NaH]. The van der Waals surface area contributed by atoms with E-state index in [9.17, 15) is 0 Å². The molecule has 0 atom stereocenters. The second-order valence-corrected chi connectivity index (χ2v) is 52.6. The third-order valence-corrected chi connectivity index (χ3v) is 0. The molecule has 10 heteroatoms. The molecule has 0 heterocycles. The number of hydrogen-bond acceptors (Lipinski definition) is 0. The first-order valence-corrected chi connectivity index (χ1v) is 18.6. The number of rotatable bonds is 0. The van der Waals surface area contributed by atoms with Crippen molar-refractivity contribution in [1.29, 1.82) is 0 Å². The van der Waals surface area contributed by atoms with E-state index in [2.05, 4.69) is 0 Å². The van der Waals surface area contributed by atoms with Gasteiger partial charge in [0, 0.05) is 0 Å². The van der Waals surface area contributed by atoms with E-state index in [1.807, 2.05) is 0 Å². The molecule has 0 saturated carbocycles. The molecule has 0 aromatic heterocycles. The van der Waals surface area contributed by atoms with E-state index in [1.165, 1.54) is 0 Å². The molecule has 0 aromatic rings. The number of halogens is 6. The molecule has 0 aliphatic rings. The van der Waals surface area contributed by atoms with Crippen molar-refractivity contribution in [1.82, 2.24) is 0 Å². The van der Waals surface area contributed by atoms with Crippen LogP contribution in [0, 0.1) is 0 Å². The molecule has 0 bridgehead atoms. The van der Waals surface area contributed by atoms with Crippen LogP contribution in [0.5, 0.6) is 0 Å². The van der Waals surface area contributed by atoms with Crippen molar-refractivity contribution in [2.75, 3.05) is 0 Å². The summed E-state index contributed by atoms with van der Waals surface area (Å²) in [6.45, 7) is -5.33. The summed E-state index contributed by atoms with van der Waals surface area (Å²) in [6.07, 6.45) is 0. The standard InChI is InChI=1S/6ClH.Ir.3Na.3H/h6*1H;;;;;;;/q;;;;;;+6;;;;;;/p-6. The summed E-state index contributed by atoms with van der Waals surface area (Å²) in [5, 5.41) is 0. The van der Waals surface area contributed by atoms with Crippen LogP contribution in [0.3, 0.4) is 0 Å². The zero-order chi connectivity index (χ0) is 6.41. The van der Waals surface area contributed by atoms with Crippen LogP contribution in [0.15, 0.2) is 0 Å². The molecule has 0 unspecified atom stereocenters. The van der Waals surface area contributed by atoms with Gasteiger partial charge in [0.1, 0.15) is 0 Å². The average molecular weight is 477 g/mol. The molecule has 0 rings (SSSR count). The fraction of sp³-hybridized carbons (Fsp3) is 0. The molecular weight excluding hydrogens is 474 g/mol. The summed E-state index contributed by atoms with van der Waals surface area (Å²) in [4.78, 5) is 0. The molecule has 0 aliphatic carbocycles. The summed E-state index contributed by atoms with van der Waals surface area (Å²) in [6, 6.07) is 0. The van der Waals surface area contributed by atoms with E-state index in [-0.39, 0.29) is 88.7 Å². The van der Waals surface area contributed by atoms with Crippen LogP contribution in [-0.2, 0) is 6.81 Å². The Morgan fingerprint density at radius 3 is 0.500 bits per heavy atom. The topological polar surface area (TPSA) is 0 Å². The fourth-order valence-electron chi connectivity index (χ4n) is 0. The number of hydrogen-bond donors (Lipinski definition) is 0. The molecule has 0 nitrogen and oxygen atoms in total. The minimum absolute atomic E-state index is 0. The van der Waals surface area contributed by atoms with Gasteiger partial charge in [0.25, 0.3) is 0 Å². The van der Waals surface area contributed by atoms with Crippen molar-refractivity contribution >= 4 is 146 Å². The monoisotopic (exact) mass is 475 g/mol. The summed E-state index contributed by atoms with van der Waals surface area (Å²) < 4.78 is 0. The third kappa shape index (κ3) is 70.8. The molecule has 0 fully saturated rings. The van der Waals surface area contributed by atoms with Gasteiger partial charge in [-0.05, 0) is 0 Å². The van der Waals surface area contributed by atoms with Crippen LogP contribution in [-0.4, -0.2) is 88.7 Å². The summed E-state index contributed by atoms with van der Waals surface area (Å²) in [5.41, 5.74) is 0. The maximum atomic E-state index is 5.06. The van der Waals surface area contributed by atoms with Crippen molar-refractivity contribution in [3.63, 3.8) is 0 Å². The molecule has 10 heavy (non-hydrogen) atoms. The molecule has 0 aliphatic heterocycles. The quantitative estimate of drug-likeness (QED) is 0.470. The molecular formula is H3Cl6IrNa3. The van der Waals surface area contributed by atoms with E-state index in [0.717, 1.165) is 0 Å². The zero-order valence-electron chi connectivity index (χ0n) is 2.60. The van der Waals surface area contributed by atoms with Crippen LogP contribution in [0.1, 0.15) is 0 Å². The van der Waals surface area contributed by atoms with Crippen LogP contribution >= 0.6 is 57.5 Å². The Morgan fingerprint density at radius 2 is 0.500 bits per heavy atom. The van der Waals surface area contributed by atoms with Crippen LogP contribution in [0.4, 0.5) is 0 Å². The molecule has 0 saturated heterocycles. The normalized spacial score (nSPS) is 16.2. The maximum absolute atomic E-state index is 5.33. The Hall–Kier alpha value is 5.39. The van der Waals surface area contributed by atoms with Crippen molar-refractivity contribution < 1.29 is 6.81 Å². The molecule has 0 spiro atoms. The Labute approximate surface area is 149 Å². The van der Waals surface area contributed by atoms with E-state index in [4.69, 9.17) is 57.5 Å². The summed E-state index contributed by atoms with van der Waals surface area (Å²) >= 11 is 0. The average Bonchev–Trinajstić information content (AvgIpc) is 0.592. The molecule has 0 radical (unpaired) electrons. The van der Waals surface area contributed by atoms with Gasteiger partial charge in [-0.1, -0.05) is 0 Å². The van der Waals surface area contributed by atoms with E-state index in [1.54, 1.807) is 0 Å². The predicted octanol–water partition coefficient (Wildman–Crippen LogP) is 2.19. The fourth-order valence-corrected chi connectivity index (χ4v) is 0. The van der Waals surface area contributed by atoms with Gasteiger partial charge in [-0.2, -0.15) is 0 Å². The van der Waals surface area contributed by atoms with Gasteiger partial charge in [0.05, 0.1) is 0 Å². The molecule has 0 aromatic carbocycles. The predicted molar refractivity (Wildman–Crippen MR) is 56.6 cm³/mol. The van der Waals surface area contributed by atoms with Crippen molar-refractivity contribution in [2.24, 2.45) is 0 Å². The van der Waals surface area contributed by atoms with Crippen LogP contribution < -0.4 is 0 Å². The van der Waals surface area contributed by atoms with Gasteiger partial charge >= 0.3 is 153 Å². The third-order valence-electron chi connectivity index (χ3n) is 0. The Bertz CT molecular complexity index is 71.6. The summed E-state index contributed by atoms with van der Waals surface area (Å²) in [5.74, 6) is 0. The van der Waals surface area contributed by atoms with Gasteiger partial charge in [0.2, 0.25) is 0 Å². The van der Waals surface area contributed by atoms with Gasteiger partial charge < -0.3 is 0 Å².